The summed E-state index contributed by atoms with van der Waals surface area (Å²) in [5, 5.41) is 0.161. The molecule has 76 valence electrons. The van der Waals surface area contributed by atoms with Crippen molar-refractivity contribution in [2.75, 3.05) is 6.54 Å². The number of halogens is 3. The molecular weight excluding hydrogens is 268 g/mol. The standard InChI is InChI=1S/C10H10BrClFN/c11-7-3-6(4-8(12)9(7)13)10(5-14)1-2-10/h3-4H,1-2,5,14H2. The molecule has 1 aromatic carbocycles. The molecule has 2 N–H and O–H groups in total. The van der Waals surface area contributed by atoms with Crippen LogP contribution in [0.15, 0.2) is 16.6 Å². The van der Waals surface area contributed by atoms with Crippen molar-refractivity contribution >= 4 is 27.5 Å². The summed E-state index contributed by atoms with van der Waals surface area (Å²) in [4.78, 5) is 0. The van der Waals surface area contributed by atoms with Gasteiger partial charge in [-0.15, -0.1) is 0 Å². The molecule has 0 spiro atoms. The summed E-state index contributed by atoms with van der Waals surface area (Å²) in [7, 11) is 0. The van der Waals surface area contributed by atoms with Crippen molar-refractivity contribution in [1.29, 1.82) is 0 Å². The summed E-state index contributed by atoms with van der Waals surface area (Å²) in [6.45, 7) is 0.599. The van der Waals surface area contributed by atoms with Gasteiger partial charge in [-0.05, 0) is 46.5 Å². The molecule has 1 fully saturated rings. The number of rotatable bonds is 2. The average Bonchev–Trinajstić information content (AvgIpc) is 2.94. The van der Waals surface area contributed by atoms with E-state index in [0.29, 0.717) is 11.0 Å². The zero-order chi connectivity index (χ0) is 10.3. The molecule has 0 unspecified atom stereocenters. The lowest BCUT2D eigenvalue weighted by Gasteiger charge is -2.14. The lowest BCUT2D eigenvalue weighted by Crippen LogP contribution is -2.19. The Morgan fingerprint density at radius 1 is 1.50 bits per heavy atom. The van der Waals surface area contributed by atoms with Crippen molar-refractivity contribution in [2.24, 2.45) is 5.73 Å². The molecule has 0 aliphatic heterocycles. The topological polar surface area (TPSA) is 26.0 Å². The van der Waals surface area contributed by atoms with Crippen molar-refractivity contribution in [3.63, 3.8) is 0 Å². The van der Waals surface area contributed by atoms with Crippen LogP contribution in [0.5, 0.6) is 0 Å². The molecular formula is C10H10BrClFN. The summed E-state index contributed by atoms with van der Waals surface area (Å²) in [6, 6.07) is 3.46. The minimum atomic E-state index is -0.400. The average molecular weight is 279 g/mol. The van der Waals surface area contributed by atoms with E-state index in [1.165, 1.54) is 0 Å². The van der Waals surface area contributed by atoms with Crippen molar-refractivity contribution in [1.82, 2.24) is 0 Å². The van der Waals surface area contributed by atoms with Gasteiger partial charge in [-0.3, -0.25) is 0 Å². The predicted octanol–water partition coefficient (Wildman–Crippen LogP) is 3.23. The third kappa shape index (κ3) is 1.58. The fourth-order valence-electron chi connectivity index (χ4n) is 1.62. The van der Waals surface area contributed by atoms with Gasteiger partial charge in [0.2, 0.25) is 0 Å². The molecule has 1 saturated carbocycles. The van der Waals surface area contributed by atoms with E-state index >= 15 is 0 Å². The number of hydrogen-bond acceptors (Lipinski definition) is 1. The van der Waals surface area contributed by atoms with E-state index in [1.54, 1.807) is 12.1 Å². The van der Waals surface area contributed by atoms with Gasteiger partial charge in [0, 0.05) is 12.0 Å². The van der Waals surface area contributed by atoms with Crippen LogP contribution in [0.3, 0.4) is 0 Å². The van der Waals surface area contributed by atoms with Gasteiger partial charge in [-0.2, -0.15) is 0 Å². The van der Waals surface area contributed by atoms with Crippen LogP contribution < -0.4 is 5.73 Å². The van der Waals surface area contributed by atoms with Gasteiger partial charge in [-0.1, -0.05) is 11.6 Å². The first-order valence-electron chi connectivity index (χ1n) is 4.44. The van der Waals surface area contributed by atoms with Crippen molar-refractivity contribution in [3.8, 4) is 0 Å². The molecule has 1 aliphatic rings. The van der Waals surface area contributed by atoms with Gasteiger partial charge in [0.25, 0.3) is 0 Å². The Labute approximate surface area is 95.6 Å². The lowest BCUT2D eigenvalue weighted by molar-refractivity contribution is 0.617. The van der Waals surface area contributed by atoms with E-state index < -0.39 is 5.82 Å². The number of benzene rings is 1. The van der Waals surface area contributed by atoms with Crippen molar-refractivity contribution in [2.45, 2.75) is 18.3 Å². The quantitative estimate of drug-likeness (QED) is 0.826. The minimum Gasteiger partial charge on any atom is -0.330 e. The first-order chi connectivity index (χ1) is 6.59. The number of nitrogens with two attached hydrogens (primary N) is 1. The van der Waals surface area contributed by atoms with Crippen LogP contribution in [-0.2, 0) is 5.41 Å². The van der Waals surface area contributed by atoms with Crippen LogP contribution in [0.25, 0.3) is 0 Å². The Morgan fingerprint density at radius 3 is 2.57 bits per heavy atom. The summed E-state index contributed by atoms with van der Waals surface area (Å²) in [5.74, 6) is -0.400. The molecule has 0 atom stereocenters. The third-order valence-electron chi connectivity index (χ3n) is 2.84. The predicted molar refractivity (Wildman–Crippen MR) is 59.1 cm³/mol. The Morgan fingerprint density at radius 2 is 2.14 bits per heavy atom. The van der Waals surface area contributed by atoms with E-state index in [9.17, 15) is 4.39 Å². The Hall–Kier alpha value is -0.120. The second kappa shape index (κ2) is 3.47. The zero-order valence-corrected chi connectivity index (χ0v) is 9.83. The van der Waals surface area contributed by atoms with Gasteiger partial charge in [0.15, 0.2) is 5.82 Å². The van der Waals surface area contributed by atoms with Crippen molar-refractivity contribution in [3.05, 3.63) is 33.0 Å². The molecule has 2 rings (SSSR count). The van der Waals surface area contributed by atoms with Crippen LogP contribution in [0.1, 0.15) is 18.4 Å². The summed E-state index contributed by atoms with van der Waals surface area (Å²) in [6.07, 6.45) is 2.13. The SMILES string of the molecule is NCC1(c2cc(Cl)c(F)c(Br)c2)CC1. The Bertz CT molecular complexity index is 353. The van der Waals surface area contributed by atoms with E-state index in [4.69, 9.17) is 17.3 Å². The lowest BCUT2D eigenvalue weighted by atomic mass is 9.96. The van der Waals surface area contributed by atoms with Crippen LogP contribution in [0.2, 0.25) is 5.02 Å². The molecule has 1 aliphatic carbocycles. The molecule has 1 nitrogen and oxygen atoms in total. The van der Waals surface area contributed by atoms with Crippen LogP contribution in [-0.4, -0.2) is 6.54 Å². The first-order valence-corrected chi connectivity index (χ1v) is 5.61. The summed E-state index contributed by atoms with van der Waals surface area (Å²) in [5.41, 5.74) is 6.78. The molecule has 0 amide bonds. The fourth-order valence-corrected chi connectivity index (χ4v) is 2.42. The monoisotopic (exact) mass is 277 g/mol. The molecule has 1 aromatic rings. The fraction of sp³-hybridized carbons (Fsp3) is 0.400. The molecule has 4 heteroatoms. The number of hydrogen-bond donors (Lipinski definition) is 1. The van der Waals surface area contributed by atoms with Gasteiger partial charge in [0.1, 0.15) is 0 Å². The molecule has 0 bridgehead atoms. The second-order valence-electron chi connectivity index (χ2n) is 3.74. The maximum Gasteiger partial charge on any atom is 0.155 e. The highest BCUT2D eigenvalue weighted by molar-refractivity contribution is 9.10. The molecule has 0 heterocycles. The zero-order valence-electron chi connectivity index (χ0n) is 7.49. The largest absolute Gasteiger partial charge is 0.330 e. The highest BCUT2D eigenvalue weighted by atomic mass is 79.9. The van der Waals surface area contributed by atoms with Gasteiger partial charge >= 0.3 is 0 Å². The van der Waals surface area contributed by atoms with E-state index in [1.807, 2.05) is 0 Å². The van der Waals surface area contributed by atoms with Gasteiger partial charge in [0.05, 0.1) is 9.50 Å². The third-order valence-corrected chi connectivity index (χ3v) is 3.69. The van der Waals surface area contributed by atoms with Crippen LogP contribution in [0, 0.1) is 5.82 Å². The minimum absolute atomic E-state index is 0.0554. The van der Waals surface area contributed by atoms with E-state index in [0.717, 1.165) is 18.4 Å². The Balaban J connectivity index is 2.46. The van der Waals surface area contributed by atoms with Crippen LogP contribution >= 0.6 is 27.5 Å². The van der Waals surface area contributed by atoms with Crippen LogP contribution in [0.4, 0.5) is 4.39 Å². The molecule has 14 heavy (non-hydrogen) atoms. The Kier molecular flexibility index (Phi) is 2.58. The second-order valence-corrected chi connectivity index (χ2v) is 5.00. The van der Waals surface area contributed by atoms with Gasteiger partial charge < -0.3 is 5.73 Å². The summed E-state index contributed by atoms with van der Waals surface area (Å²) < 4.78 is 13.6. The normalized spacial score (nSPS) is 18.3. The van der Waals surface area contributed by atoms with Gasteiger partial charge in [-0.25, -0.2) is 4.39 Å². The highest BCUT2D eigenvalue weighted by Gasteiger charge is 2.43. The molecule has 0 aromatic heterocycles. The van der Waals surface area contributed by atoms with E-state index in [-0.39, 0.29) is 10.4 Å². The van der Waals surface area contributed by atoms with E-state index in [2.05, 4.69) is 15.9 Å². The molecule has 0 radical (unpaired) electrons. The highest BCUT2D eigenvalue weighted by Crippen LogP contribution is 2.48. The maximum absolute atomic E-state index is 13.2. The summed E-state index contributed by atoms with van der Waals surface area (Å²) >= 11 is 8.91. The molecule has 0 saturated heterocycles. The maximum atomic E-state index is 13.2. The van der Waals surface area contributed by atoms with Crippen molar-refractivity contribution < 1.29 is 4.39 Å². The first kappa shape index (κ1) is 10.4. The smallest absolute Gasteiger partial charge is 0.155 e.